The lowest BCUT2D eigenvalue weighted by Crippen LogP contribution is -2.20. The van der Waals surface area contributed by atoms with Gasteiger partial charge in [0.15, 0.2) is 5.78 Å². The number of benzene rings is 2. The van der Waals surface area contributed by atoms with E-state index in [1.807, 2.05) is 47.9 Å². The van der Waals surface area contributed by atoms with E-state index < -0.39 is 0 Å². The highest BCUT2D eigenvalue weighted by molar-refractivity contribution is 6.10. The second-order valence-corrected chi connectivity index (χ2v) is 7.39. The molecule has 0 radical (unpaired) electrons. The van der Waals surface area contributed by atoms with Crippen LogP contribution in [-0.4, -0.2) is 15.3 Å². The number of hydrogen-bond acceptors (Lipinski definition) is 4. The summed E-state index contributed by atoms with van der Waals surface area (Å²) < 4.78 is 1.89. The predicted molar refractivity (Wildman–Crippen MR) is 120 cm³/mol. The van der Waals surface area contributed by atoms with Crippen molar-refractivity contribution in [1.29, 1.82) is 0 Å². The largest absolute Gasteiger partial charge is 0.384 e. The van der Waals surface area contributed by atoms with Gasteiger partial charge < -0.3 is 10.3 Å². The molecular formula is C25H23N3O2. The lowest BCUT2D eigenvalue weighted by molar-refractivity contribution is 0.103. The van der Waals surface area contributed by atoms with Crippen molar-refractivity contribution < 1.29 is 4.79 Å². The van der Waals surface area contributed by atoms with Crippen LogP contribution >= 0.6 is 0 Å². The molecule has 0 saturated heterocycles. The van der Waals surface area contributed by atoms with Crippen molar-refractivity contribution in [3.05, 3.63) is 105 Å². The van der Waals surface area contributed by atoms with Crippen LogP contribution in [0, 0.1) is 6.92 Å². The lowest BCUT2D eigenvalue weighted by atomic mass is 9.97. The van der Waals surface area contributed by atoms with E-state index in [0.29, 0.717) is 23.3 Å². The first kappa shape index (κ1) is 19.6. The van der Waals surface area contributed by atoms with Crippen LogP contribution in [0.15, 0.2) is 71.7 Å². The van der Waals surface area contributed by atoms with Crippen LogP contribution in [0.4, 0.5) is 5.82 Å². The summed E-state index contributed by atoms with van der Waals surface area (Å²) in [6.45, 7) is 4.47. The Hall–Kier alpha value is -3.73. The maximum Gasteiger partial charge on any atom is 0.200 e. The van der Waals surface area contributed by atoms with Crippen molar-refractivity contribution in [2.45, 2.75) is 26.8 Å². The molecule has 4 rings (SSSR count). The molecule has 150 valence electrons. The highest BCUT2D eigenvalue weighted by Crippen LogP contribution is 2.18. The number of para-hydroxylation sites is 1. The number of carbonyl (C=O) groups is 1. The van der Waals surface area contributed by atoms with Gasteiger partial charge in [-0.2, -0.15) is 0 Å². The summed E-state index contributed by atoms with van der Waals surface area (Å²) in [5.74, 6) is 0.159. The van der Waals surface area contributed by atoms with Gasteiger partial charge in [-0.25, -0.2) is 4.98 Å². The Morgan fingerprint density at radius 2 is 1.87 bits per heavy atom. The fourth-order valence-electron chi connectivity index (χ4n) is 3.79. The van der Waals surface area contributed by atoms with Gasteiger partial charge in [0.05, 0.1) is 23.3 Å². The minimum Gasteiger partial charge on any atom is -0.384 e. The van der Waals surface area contributed by atoms with E-state index in [1.165, 1.54) is 5.56 Å². The molecule has 2 aromatic carbocycles. The molecule has 0 bridgehead atoms. The number of anilines is 1. The van der Waals surface area contributed by atoms with E-state index >= 15 is 0 Å². The zero-order valence-electron chi connectivity index (χ0n) is 17.1. The summed E-state index contributed by atoms with van der Waals surface area (Å²) in [5, 5.41) is 0.508. The van der Waals surface area contributed by atoms with E-state index in [4.69, 9.17) is 5.73 Å². The topological polar surface area (TPSA) is 78.0 Å². The second kappa shape index (κ2) is 7.95. The van der Waals surface area contributed by atoms with E-state index in [-0.39, 0.29) is 16.8 Å². The van der Waals surface area contributed by atoms with Crippen LogP contribution in [0.3, 0.4) is 0 Å². The standard InChI is InChI=1S/C25H23N3O2/c1-3-17-11-12-18(13-16(17)2)24(29)21-15-28(14-19-7-6-10-23(26)27-19)22-9-5-4-8-20(22)25(21)30/h4-13,15H,3,14H2,1-2H3,(H2,26,27). The van der Waals surface area contributed by atoms with Gasteiger partial charge >= 0.3 is 0 Å². The summed E-state index contributed by atoms with van der Waals surface area (Å²) >= 11 is 0. The van der Waals surface area contributed by atoms with Crippen LogP contribution in [0.5, 0.6) is 0 Å². The van der Waals surface area contributed by atoms with Crippen molar-refractivity contribution in [3.8, 4) is 0 Å². The lowest BCUT2D eigenvalue weighted by Gasteiger charge is -2.14. The van der Waals surface area contributed by atoms with Gasteiger partial charge in [-0.3, -0.25) is 9.59 Å². The monoisotopic (exact) mass is 397 g/mol. The number of nitrogens with zero attached hydrogens (tertiary/aromatic N) is 2. The molecule has 30 heavy (non-hydrogen) atoms. The van der Waals surface area contributed by atoms with Crippen molar-refractivity contribution in [3.63, 3.8) is 0 Å². The number of carbonyl (C=O) groups excluding carboxylic acids is 1. The molecule has 2 aromatic heterocycles. The van der Waals surface area contributed by atoms with E-state index in [1.54, 1.807) is 30.5 Å². The maximum absolute atomic E-state index is 13.3. The molecule has 0 atom stereocenters. The zero-order chi connectivity index (χ0) is 21.3. The molecule has 0 unspecified atom stereocenters. The van der Waals surface area contributed by atoms with Gasteiger partial charge in [0.25, 0.3) is 0 Å². The van der Waals surface area contributed by atoms with Crippen molar-refractivity contribution >= 4 is 22.5 Å². The van der Waals surface area contributed by atoms with Gasteiger partial charge in [0.1, 0.15) is 5.82 Å². The fourth-order valence-corrected chi connectivity index (χ4v) is 3.79. The second-order valence-electron chi connectivity index (χ2n) is 7.39. The molecule has 5 nitrogen and oxygen atoms in total. The molecule has 2 heterocycles. The smallest absolute Gasteiger partial charge is 0.200 e. The summed E-state index contributed by atoms with van der Waals surface area (Å²) in [6, 6.07) is 18.4. The van der Waals surface area contributed by atoms with Gasteiger partial charge in [-0.15, -0.1) is 0 Å². The minimum absolute atomic E-state index is 0.154. The first-order valence-corrected chi connectivity index (χ1v) is 9.95. The Morgan fingerprint density at radius 1 is 1.07 bits per heavy atom. The van der Waals surface area contributed by atoms with Gasteiger partial charge in [-0.1, -0.05) is 37.3 Å². The molecule has 5 heteroatoms. The number of aryl methyl sites for hydroxylation is 2. The van der Waals surface area contributed by atoms with Gasteiger partial charge in [0, 0.05) is 17.1 Å². The van der Waals surface area contributed by atoms with Crippen LogP contribution in [0.2, 0.25) is 0 Å². The number of ketones is 1. The van der Waals surface area contributed by atoms with E-state index in [9.17, 15) is 9.59 Å². The Bertz CT molecular complexity index is 1320. The fraction of sp³-hybridized carbons (Fsp3) is 0.160. The number of fused-ring (bicyclic) bond motifs is 1. The molecule has 2 N–H and O–H groups in total. The van der Waals surface area contributed by atoms with Crippen LogP contribution in [-0.2, 0) is 13.0 Å². The van der Waals surface area contributed by atoms with Crippen LogP contribution in [0.1, 0.15) is 39.7 Å². The quantitative estimate of drug-likeness (QED) is 0.514. The minimum atomic E-state index is -0.272. The molecule has 0 aliphatic heterocycles. The third kappa shape index (κ3) is 3.62. The highest BCUT2D eigenvalue weighted by Gasteiger charge is 2.18. The van der Waals surface area contributed by atoms with E-state index in [2.05, 4.69) is 11.9 Å². The molecule has 0 aliphatic carbocycles. The summed E-state index contributed by atoms with van der Waals surface area (Å²) in [6.07, 6.45) is 2.54. The molecule has 0 saturated carbocycles. The first-order valence-electron chi connectivity index (χ1n) is 9.95. The normalized spacial score (nSPS) is 11.0. The number of nitrogen functional groups attached to an aromatic ring is 1. The van der Waals surface area contributed by atoms with E-state index in [0.717, 1.165) is 23.2 Å². The van der Waals surface area contributed by atoms with Gasteiger partial charge in [-0.05, 0) is 54.8 Å². The summed E-state index contributed by atoms with van der Waals surface area (Å²) in [7, 11) is 0. The number of aromatic nitrogens is 2. The molecule has 0 amide bonds. The third-order valence-electron chi connectivity index (χ3n) is 5.38. The number of nitrogens with two attached hydrogens (primary N) is 1. The summed E-state index contributed by atoms with van der Waals surface area (Å²) in [4.78, 5) is 30.8. The van der Waals surface area contributed by atoms with Gasteiger partial charge in [0.2, 0.25) is 5.43 Å². The van der Waals surface area contributed by atoms with Crippen LogP contribution < -0.4 is 11.2 Å². The Morgan fingerprint density at radius 3 is 2.60 bits per heavy atom. The van der Waals surface area contributed by atoms with Crippen molar-refractivity contribution in [2.75, 3.05) is 5.73 Å². The maximum atomic E-state index is 13.3. The van der Waals surface area contributed by atoms with Crippen LogP contribution in [0.25, 0.3) is 10.9 Å². The average molecular weight is 397 g/mol. The molecular weight excluding hydrogens is 374 g/mol. The number of rotatable bonds is 5. The molecule has 0 spiro atoms. The predicted octanol–water partition coefficient (Wildman–Crippen LogP) is 4.13. The molecule has 0 aliphatic rings. The zero-order valence-corrected chi connectivity index (χ0v) is 17.1. The highest BCUT2D eigenvalue weighted by atomic mass is 16.1. The first-order chi connectivity index (χ1) is 14.5. The Kier molecular flexibility index (Phi) is 5.19. The average Bonchev–Trinajstić information content (AvgIpc) is 2.75. The Labute approximate surface area is 174 Å². The van der Waals surface area contributed by atoms with Crippen molar-refractivity contribution in [2.24, 2.45) is 0 Å². The third-order valence-corrected chi connectivity index (χ3v) is 5.38. The SMILES string of the molecule is CCc1ccc(C(=O)c2cn(Cc3cccc(N)n3)c3ccccc3c2=O)cc1C. The molecule has 4 aromatic rings. The van der Waals surface area contributed by atoms with Crippen molar-refractivity contribution in [1.82, 2.24) is 9.55 Å². The number of hydrogen-bond donors (Lipinski definition) is 1. The Balaban J connectivity index is 1.86. The molecule has 0 fully saturated rings. The number of pyridine rings is 2. The summed E-state index contributed by atoms with van der Waals surface area (Å²) in [5.41, 5.74) is 9.98.